The van der Waals surface area contributed by atoms with Crippen LogP contribution in [0, 0.1) is 17.8 Å². The van der Waals surface area contributed by atoms with Crippen LogP contribution in [0.25, 0.3) is 0 Å². The summed E-state index contributed by atoms with van der Waals surface area (Å²) in [6.07, 6.45) is 3.41. The fourth-order valence-electron chi connectivity index (χ4n) is 3.26. The quantitative estimate of drug-likeness (QED) is 0.817. The number of hydrogen-bond acceptors (Lipinski definition) is 3. The molecule has 102 valence electrons. The van der Waals surface area contributed by atoms with Crippen molar-refractivity contribution in [2.75, 3.05) is 13.1 Å². The summed E-state index contributed by atoms with van der Waals surface area (Å²) in [7, 11) is 0. The van der Waals surface area contributed by atoms with Gasteiger partial charge in [-0.25, -0.2) is 4.79 Å². The van der Waals surface area contributed by atoms with Crippen LogP contribution in [0.15, 0.2) is 0 Å². The molecule has 4 heteroatoms. The van der Waals surface area contributed by atoms with Gasteiger partial charge in [0.1, 0.15) is 5.60 Å². The molecule has 0 bridgehead atoms. The topological polar surface area (TPSA) is 55.6 Å². The van der Waals surface area contributed by atoms with E-state index in [2.05, 4.69) is 0 Å². The third-order valence-electron chi connectivity index (χ3n) is 4.56. The first-order valence-corrected chi connectivity index (χ1v) is 7.04. The fraction of sp³-hybridized carbons (Fsp3) is 0.929. The van der Waals surface area contributed by atoms with E-state index in [1.807, 2.05) is 25.7 Å². The molecule has 18 heavy (non-hydrogen) atoms. The van der Waals surface area contributed by atoms with Gasteiger partial charge in [0, 0.05) is 18.6 Å². The highest BCUT2D eigenvalue weighted by atomic mass is 16.6. The summed E-state index contributed by atoms with van der Waals surface area (Å²) in [6, 6.07) is 0. The van der Waals surface area contributed by atoms with Gasteiger partial charge in [-0.1, -0.05) is 0 Å². The van der Waals surface area contributed by atoms with Gasteiger partial charge in [0.2, 0.25) is 0 Å². The molecule has 3 fully saturated rings. The second kappa shape index (κ2) is 3.62. The number of carbonyl (C=O) groups is 1. The lowest BCUT2D eigenvalue weighted by Crippen LogP contribution is -2.37. The van der Waals surface area contributed by atoms with Crippen LogP contribution in [0.4, 0.5) is 4.79 Å². The Balaban J connectivity index is 1.47. The number of likely N-dealkylation sites (tertiary alicyclic amines) is 1. The van der Waals surface area contributed by atoms with Crippen molar-refractivity contribution in [3.05, 3.63) is 0 Å². The maximum absolute atomic E-state index is 11.9. The van der Waals surface area contributed by atoms with E-state index in [9.17, 15) is 4.79 Å². The number of amides is 1. The van der Waals surface area contributed by atoms with Crippen molar-refractivity contribution < 1.29 is 9.53 Å². The Morgan fingerprint density at radius 3 is 2.33 bits per heavy atom. The molecule has 0 aromatic carbocycles. The van der Waals surface area contributed by atoms with Gasteiger partial charge in [-0.05, 0) is 57.8 Å². The fourth-order valence-corrected chi connectivity index (χ4v) is 3.26. The zero-order valence-corrected chi connectivity index (χ0v) is 11.6. The van der Waals surface area contributed by atoms with Crippen LogP contribution in [-0.2, 0) is 4.74 Å². The van der Waals surface area contributed by atoms with Crippen molar-refractivity contribution >= 4 is 6.09 Å². The van der Waals surface area contributed by atoms with E-state index in [-0.39, 0.29) is 11.6 Å². The highest BCUT2D eigenvalue weighted by Gasteiger charge is 2.59. The van der Waals surface area contributed by atoms with Gasteiger partial charge < -0.3 is 15.4 Å². The smallest absolute Gasteiger partial charge is 0.410 e. The molecule has 3 aliphatic rings. The van der Waals surface area contributed by atoms with Crippen LogP contribution in [0.3, 0.4) is 0 Å². The highest BCUT2D eigenvalue weighted by molar-refractivity contribution is 5.69. The van der Waals surface area contributed by atoms with Crippen LogP contribution >= 0.6 is 0 Å². The molecule has 1 aliphatic heterocycles. The number of fused-ring (bicyclic) bond motifs is 1. The number of rotatable bonds is 2. The zero-order chi connectivity index (χ0) is 13.1. The number of nitrogens with two attached hydrogens (primary N) is 1. The highest BCUT2D eigenvalue weighted by Crippen LogP contribution is 2.57. The molecule has 0 aromatic heterocycles. The third-order valence-corrected chi connectivity index (χ3v) is 4.56. The van der Waals surface area contributed by atoms with Crippen LogP contribution < -0.4 is 5.73 Å². The Morgan fingerprint density at radius 1 is 1.33 bits per heavy atom. The predicted molar refractivity (Wildman–Crippen MR) is 69.0 cm³/mol. The first-order chi connectivity index (χ1) is 8.27. The van der Waals surface area contributed by atoms with Crippen molar-refractivity contribution in [3.63, 3.8) is 0 Å². The van der Waals surface area contributed by atoms with Gasteiger partial charge in [0.15, 0.2) is 0 Å². The number of nitrogens with zero attached hydrogens (tertiary/aromatic N) is 1. The average Bonchev–Trinajstić information content (AvgIpc) is 3.04. The first kappa shape index (κ1) is 12.3. The molecule has 2 N–H and O–H groups in total. The summed E-state index contributed by atoms with van der Waals surface area (Å²) in [4.78, 5) is 13.8. The lowest BCUT2D eigenvalue weighted by atomic mass is 10.1. The molecule has 1 saturated heterocycles. The molecule has 1 amide bonds. The monoisotopic (exact) mass is 252 g/mol. The van der Waals surface area contributed by atoms with Crippen molar-refractivity contribution in [1.29, 1.82) is 0 Å². The van der Waals surface area contributed by atoms with Gasteiger partial charge in [-0.3, -0.25) is 0 Å². The Labute approximate surface area is 109 Å². The Bertz CT molecular complexity index is 358. The molecule has 4 nitrogen and oxygen atoms in total. The average molecular weight is 252 g/mol. The summed E-state index contributed by atoms with van der Waals surface area (Å²) in [5, 5.41) is 0. The Kier molecular flexibility index (Phi) is 2.47. The lowest BCUT2D eigenvalue weighted by molar-refractivity contribution is 0.0264. The number of carbonyl (C=O) groups excluding carboxylic acids is 1. The standard InChI is InChI=1S/C14H24N2O2/c1-13(2,3)18-12(17)16-7-10-9(11(10)8-16)6-14(15)4-5-14/h9-11H,4-8,15H2,1-3H3. The largest absolute Gasteiger partial charge is 0.444 e. The van der Waals surface area contributed by atoms with E-state index >= 15 is 0 Å². The summed E-state index contributed by atoms with van der Waals surface area (Å²) >= 11 is 0. The molecule has 3 rings (SSSR count). The van der Waals surface area contributed by atoms with E-state index in [4.69, 9.17) is 10.5 Å². The summed E-state index contributed by atoms with van der Waals surface area (Å²) in [5.41, 5.74) is 5.93. The molecular weight excluding hydrogens is 228 g/mol. The van der Waals surface area contributed by atoms with E-state index in [1.165, 1.54) is 19.3 Å². The van der Waals surface area contributed by atoms with Crippen molar-refractivity contribution in [2.45, 2.75) is 51.2 Å². The van der Waals surface area contributed by atoms with Crippen molar-refractivity contribution in [1.82, 2.24) is 4.90 Å². The summed E-state index contributed by atoms with van der Waals surface area (Å²) in [6.45, 7) is 7.49. The van der Waals surface area contributed by atoms with Crippen LogP contribution in [-0.4, -0.2) is 35.2 Å². The summed E-state index contributed by atoms with van der Waals surface area (Å²) in [5.74, 6) is 2.16. The number of piperidine rings is 1. The van der Waals surface area contributed by atoms with Crippen molar-refractivity contribution in [3.8, 4) is 0 Å². The molecule has 2 unspecified atom stereocenters. The van der Waals surface area contributed by atoms with Gasteiger partial charge in [-0.15, -0.1) is 0 Å². The minimum Gasteiger partial charge on any atom is -0.444 e. The minimum atomic E-state index is -0.390. The van der Waals surface area contributed by atoms with Gasteiger partial charge in [0.05, 0.1) is 0 Å². The maximum atomic E-state index is 11.9. The second-order valence-corrected chi connectivity index (χ2v) is 7.44. The molecule has 2 atom stereocenters. The van der Waals surface area contributed by atoms with Crippen LogP contribution in [0.1, 0.15) is 40.0 Å². The van der Waals surface area contributed by atoms with E-state index in [0.29, 0.717) is 11.8 Å². The third kappa shape index (κ3) is 2.35. The first-order valence-electron chi connectivity index (χ1n) is 7.04. The molecule has 1 heterocycles. The van der Waals surface area contributed by atoms with Gasteiger partial charge in [-0.2, -0.15) is 0 Å². The van der Waals surface area contributed by atoms with Crippen LogP contribution in [0.2, 0.25) is 0 Å². The maximum Gasteiger partial charge on any atom is 0.410 e. The normalized spacial score (nSPS) is 36.2. The van der Waals surface area contributed by atoms with E-state index in [1.54, 1.807) is 0 Å². The molecule has 0 spiro atoms. The van der Waals surface area contributed by atoms with E-state index in [0.717, 1.165) is 19.0 Å². The molecule has 0 radical (unpaired) electrons. The zero-order valence-electron chi connectivity index (χ0n) is 11.6. The molecule has 2 saturated carbocycles. The number of ether oxygens (including phenoxy) is 1. The van der Waals surface area contributed by atoms with Crippen molar-refractivity contribution in [2.24, 2.45) is 23.5 Å². The Morgan fingerprint density at radius 2 is 1.89 bits per heavy atom. The second-order valence-electron chi connectivity index (χ2n) is 7.44. The number of hydrogen-bond donors (Lipinski definition) is 1. The SMILES string of the molecule is CC(C)(C)OC(=O)N1CC2C(C1)C2CC1(N)CC1. The predicted octanol–water partition coefficient (Wildman–Crippen LogP) is 1.98. The minimum absolute atomic E-state index is 0.151. The lowest BCUT2D eigenvalue weighted by Gasteiger charge is -2.26. The van der Waals surface area contributed by atoms with Gasteiger partial charge in [0.25, 0.3) is 0 Å². The Hall–Kier alpha value is -0.770. The molecular formula is C14H24N2O2. The van der Waals surface area contributed by atoms with E-state index < -0.39 is 5.60 Å². The molecule has 0 aromatic rings. The van der Waals surface area contributed by atoms with Crippen LogP contribution in [0.5, 0.6) is 0 Å². The summed E-state index contributed by atoms with van der Waals surface area (Å²) < 4.78 is 5.40. The van der Waals surface area contributed by atoms with Gasteiger partial charge >= 0.3 is 6.09 Å². The molecule has 2 aliphatic carbocycles.